The topological polar surface area (TPSA) is 29.5 Å². The third-order valence-electron chi connectivity index (χ3n) is 4.65. The number of hydrogen-bond acceptors (Lipinski definition) is 2. The molecule has 0 aromatic heterocycles. The summed E-state index contributed by atoms with van der Waals surface area (Å²) in [7, 11) is 0. The first-order valence-corrected chi connectivity index (χ1v) is 8.69. The molecule has 2 aromatic carbocycles. The van der Waals surface area contributed by atoms with Crippen molar-refractivity contribution < 1.29 is 13.9 Å². The minimum absolute atomic E-state index is 0.0663. The van der Waals surface area contributed by atoms with Gasteiger partial charge in [-0.15, -0.1) is 0 Å². The summed E-state index contributed by atoms with van der Waals surface area (Å²) in [5.41, 5.74) is 1.15. The number of cyclic esters (lactones) is 1. The van der Waals surface area contributed by atoms with Crippen LogP contribution in [0.5, 0.6) is 0 Å². The van der Waals surface area contributed by atoms with Crippen LogP contribution < -0.4 is 0 Å². The third kappa shape index (κ3) is 3.31. The molecule has 3 nitrogen and oxygen atoms in total. The van der Waals surface area contributed by atoms with E-state index >= 15 is 0 Å². The van der Waals surface area contributed by atoms with Crippen LogP contribution in [0.15, 0.2) is 53.0 Å². The van der Waals surface area contributed by atoms with E-state index in [1.165, 1.54) is 12.1 Å². The molecule has 1 aliphatic rings. The molecule has 1 fully saturated rings. The minimum atomic E-state index is -0.722. The molecule has 0 N–H and O–H groups in total. The van der Waals surface area contributed by atoms with Crippen LogP contribution >= 0.6 is 15.9 Å². The zero-order valence-corrected chi connectivity index (χ0v) is 15.2. The van der Waals surface area contributed by atoms with Crippen LogP contribution in [0.3, 0.4) is 0 Å². The summed E-state index contributed by atoms with van der Waals surface area (Å²) in [6.07, 6.45) is 0.314. The molecule has 1 amide bonds. The average molecular weight is 392 g/mol. The maximum atomic E-state index is 13.1. The molecule has 0 aliphatic carbocycles. The lowest BCUT2D eigenvalue weighted by atomic mass is 9.90. The third-order valence-corrected chi connectivity index (χ3v) is 5.18. The molecule has 1 aliphatic heterocycles. The quantitative estimate of drug-likeness (QED) is 0.699. The molecule has 2 aromatic rings. The van der Waals surface area contributed by atoms with Gasteiger partial charge in [0.2, 0.25) is 0 Å². The molecule has 126 valence electrons. The normalized spacial score (nSPS) is 22.2. The Hall–Kier alpha value is -1.88. The number of rotatable bonds is 3. The summed E-state index contributed by atoms with van der Waals surface area (Å²) >= 11 is 3.42. The van der Waals surface area contributed by atoms with E-state index in [2.05, 4.69) is 15.9 Å². The zero-order valence-electron chi connectivity index (χ0n) is 13.6. The highest BCUT2D eigenvalue weighted by atomic mass is 79.9. The number of halogens is 2. The number of nitrogens with zero attached hydrogens (tertiary/aromatic N) is 1. The molecule has 0 saturated carbocycles. The maximum absolute atomic E-state index is 13.1. The van der Waals surface area contributed by atoms with Gasteiger partial charge in [-0.05, 0) is 49.2 Å². The van der Waals surface area contributed by atoms with Crippen LogP contribution in [0.2, 0.25) is 0 Å². The Kier molecular flexibility index (Phi) is 4.63. The Balaban J connectivity index is 1.76. The van der Waals surface area contributed by atoms with Crippen LogP contribution in [-0.4, -0.2) is 17.5 Å². The molecule has 0 unspecified atom stereocenters. The van der Waals surface area contributed by atoms with Crippen LogP contribution in [0.4, 0.5) is 9.18 Å². The fourth-order valence-corrected chi connectivity index (χ4v) is 3.27. The lowest BCUT2D eigenvalue weighted by molar-refractivity contribution is -0.0491. The van der Waals surface area contributed by atoms with Gasteiger partial charge in [0.1, 0.15) is 11.4 Å². The van der Waals surface area contributed by atoms with Gasteiger partial charge in [0.15, 0.2) is 0 Å². The molecule has 0 radical (unpaired) electrons. The SMILES string of the molecule is C[C@@H](c1ccc(Br)cc1)N1CC[C@@](C)(c2ccc(F)cc2)OC1=O. The van der Waals surface area contributed by atoms with Gasteiger partial charge in [0.25, 0.3) is 0 Å². The van der Waals surface area contributed by atoms with Crippen molar-refractivity contribution in [2.24, 2.45) is 0 Å². The molecule has 24 heavy (non-hydrogen) atoms. The summed E-state index contributed by atoms with van der Waals surface area (Å²) in [6, 6.07) is 14.0. The Morgan fingerprint density at radius 2 is 1.79 bits per heavy atom. The smallest absolute Gasteiger partial charge is 0.411 e. The van der Waals surface area contributed by atoms with E-state index in [1.54, 1.807) is 17.0 Å². The lowest BCUT2D eigenvalue weighted by Gasteiger charge is -2.41. The fraction of sp³-hybridized carbons (Fsp3) is 0.316. The second-order valence-electron chi connectivity index (χ2n) is 6.28. The van der Waals surface area contributed by atoms with Crippen molar-refractivity contribution in [3.05, 3.63) is 69.9 Å². The molecule has 5 heteroatoms. The first-order valence-electron chi connectivity index (χ1n) is 7.90. The molecule has 0 spiro atoms. The first kappa shape index (κ1) is 17.0. The minimum Gasteiger partial charge on any atom is -0.438 e. The second kappa shape index (κ2) is 6.55. The van der Waals surface area contributed by atoms with Gasteiger partial charge in [0, 0.05) is 17.4 Å². The van der Waals surface area contributed by atoms with Crippen molar-refractivity contribution >= 4 is 22.0 Å². The number of ether oxygens (including phenoxy) is 1. The van der Waals surface area contributed by atoms with E-state index in [9.17, 15) is 9.18 Å². The number of hydrogen-bond donors (Lipinski definition) is 0. The molecular weight excluding hydrogens is 373 g/mol. The maximum Gasteiger partial charge on any atom is 0.411 e. The number of carbonyl (C=O) groups excluding carboxylic acids is 1. The summed E-state index contributed by atoms with van der Waals surface area (Å²) in [5.74, 6) is -0.296. The van der Waals surface area contributed by atoms with Crippen LogP contribution in [0.1, 0.15) is 37.4 Å². The van der Waals surface area contributed by atoms with Crippen molar-refractivity contribution in [1.29, 1.82) is 0 Å². The predicted octanol–water partition coefficient (Wildman–Crippen LogP) is 5.41. The molecule has 1 heterocycles. The summed E-state index contributed by atoms with van der Waals surface area (Å²) in [4.78, 5) is 14.3. The molecule has 3 rings (SSSR count). The van der Waals surface area contributed by atoms with Crippen molar-refractivity contribution in [3.63, 3.8) is 0 Å². The highest BCUT2D eigenvalue weighted by Gasteiger charge is 2.39. The van der Waals surface area contributed by atoms with Gasteiger partial charge < -0.3 is 9.64 Å². The standard InChI is InChI=1S/C19H19BrFNO2/c1-13(14-3-7-16(20)8-4-14)22-12-11-19(2,24-18(22)23)15-5-9-17(21)10-6-15/h3-10,13H,11-12H2,1-2H3/t13-,19-/m0/s1. The van der Waals surface area contributed by atoms with E-state index in [0.717, 1.165) is 15.6 Å². The second-order valence-corrected chi connectivity index (χ2v) is 7.19. The van der Waals surface area contributed by atoms with Crippen LogP contribution in [0.25, 0.3) is 0 Å². The van der Waals surface area contributed by atoms with E-state index < -0.39 is 5.60 Å². The summed E-state index contributed by atoms with van der Waals surface area (Å²) in [6.45, 7) is 4.45. The van der Waals surface area contributed by atoms with Gasteiger partial charge >= 0.3 is 6.09 Å². The highest BCUT2D eigenvalue weighted by molar-refractivity contribution is 9.10. The van der Waals surface area contributed by atoms with Crippen molar-refractivity contribution in [3.8, 4) is 0 Å². The van der Waals surface area contributed by atoms with Gasteiger partial charge in [-0.1, -0.05) is 40.2 Å². The molecular formula is C19H19BrFNO2. The zero-order chi connectivity index (χ0) is 17.3. The Morgan fingerprint density at radius 1 is 1.17 bits per heavy atom. The van der Waals surface area contributed by atoms with Gasteiger partial charge in [-0.25, -0.2) is 9.18 Å². The Morgan fingerprint density at radius 3 is 2.38 bits per heavy atom. The van der Waals surface area contributed by atoms with Gasteiger partial charge in [0.05, 0.1) is 6.04 Å². The largest absolute Gasteiger partial charge is 0.438 e. The Bertz CT molecular complexity index is 732. The van der Waals surface area contributed by atoms with Gasteiger partial charge in [-0.3, -0.25) is 0 Å². The number of benzene rings is 2. The first-order chi connectivity index (χ1) is 11.4. The van der Waals surface area contributed by atoms with E-state index in [1.807, 2.05) is 38.1 Å². The Labute approximate surface area is 149 Å². The number of carbonyl (C=O) groups is 1. The number of amides is 1. The fourth-order valence-electron chi connectivity index (χ4n) is 3.01. The van der Waals surface area contributed by atoms with E-state index in [4.69, 9.17) is 4.74 Å². The summed E-state index contributed by atoms with van der Waals surface area (Å²) in [5, 5.41) is 0. The van der Waals surface area contributed by atoms with E-state index in [-0.39, 0.29) is 18.0 Å². The van der Waals surface area contributed by atoms with E-state index in [0.29, 0.717) is 13.0 Å². The van der Waals surface area contributed by atoms with Gasteiger partial charge in [-0.2, -0.15) is 0 Å². The molecule has 2 atom stereocenters. The van der Waals surface area contributed by atoms with Crippen molar-refractivity contribution in [1.82, 2.24) is 4.90 Å². The predicted molar refractivity (Wildman–Crippen MR) is 94.1 cm³/mol. The molecule has 1 saturated heterocycles. The average Bonchev–Trinajstić information content (AvgIpc) is 2.55. The highest BCUT2D eigenvalue weighted by Crippen LogP contribution is 2.36. The van der Waals surface area contributed by atoms with Crippen LogP contribution in [0, 0.1) is 5.82 Å². The lowest BCUT2D eigenvalue weighted by Crippen LogP contribution is -2.47. The van der Waals surface area contributed by atoms with Crippen LogP contribution in [-0.2, 0) is 10.3 Å². The van der Waals surface area contributed by atoms with Crippen molar-refractivity contribution in [2.45, 2.75) is 31.9 Å². The van der Waals surface area contributed by atoms with Crippen molar-refractivity contribution in [2.75, 3.05) is 6.54 Å². The monoisotopic (exact) mass is 391 g/mol. The molecule has 0 bridgehead atoms. The summed E-state index contributed by atoms with van der Waals surface area (Å²) < 4.78 is 19.9.